The van der Waals surface area contributed by atoms with Crippen LogP contribution in [0.3, 0.4) is 0 Å². The molecule has 0 aromatic heterocycles. The van der Waals surface area contributed by atoms with Gasteiger partial charge < -0.3 is 14.9 Å². The highest BCUT2D eigenvalue weighted by Crippen LogP contribution is 2.49. The molecule has 4 heteroatoms. The maximum absolute atomic E-state index is 13.0. The van der Waals surface area contributed by atoms with Gasteiger partial charge in [0, 0.05) is 5.56 Å². The van der Waals surface area contributed by atoms with Gasteiger partial charge >= 0.3 is 5.97 Å². The molecule has 0 spiro atoms. The molecular weight excluding hydrogens is 304 g/mol. The Morgan fingerprint density at radius 1 is 0.708 bits per heavy atom. The molecule has 118 valence electrons. The van der Waals surface area contributed by atoms with Crippen LogP contribution >= 0.6 is 0 Å². The zero-order valence-corrected chi connectivity index (χ0v) is 12.6. The van der Waals surface area contributed by atoms with Crippen LogP contribution in [0.5, 0.6) is 17.2 Å². The van der Waals surface area contributed by atoms with Gasteiger partial charge in [-0.25, -0.2) is 4.79 Å². The molecule has 3 aromatic carbocycles. The molecular formula is C20H14O4. The Morgan fingerprint density at radius 3 is 1.75 bits per heavy atom. The van der Waals surface area contributed by atoms with Crippen molar-refractivity contribution < 1.29 is 19.7 Å². The highest BCUT2D eigenvalue weighted by molar-refractivity contribution is 5.98. The fourth-order valence-electron chi connectivity index (χ4n) is 3.29. The maximum atomic E-state index is 13.0. The SMILES string of the molecule is O=C1Oc2ccccc2C1(c1ccc(O)cc1)c1ccc(O)cc1. The van der Waals surface area contributed by atoms with Crippen molar-refractivity contribution in [3.63, 3.8) is 0 Å². The summed E-state index contributed by atoms with van der Waals surface area (Å²) < 4.78 is 5.53. The first-order valence-corrected chi connectivity index (χ1v) is 7.53. The summed E-state index contributed by atoms with van der Waals surface area (Å²) in [5, 5.41) is 19.2. The summed E-state index contributed by atoms with van der Waals surface area (Å²) in [5.41, 5.74) is 1.01. The lowest BCUT2D eigenvalue weighted by Gasteiger charge is -2.27. The van der Waals surface area contributed by atoms with Crippen LogP contribution in [0.2, 0.25) is 0 Å². The predicted molar refractivity (Wildman–Crippen MR) is 88.2 cm³/mol. The zero-order chi connectivity index (χ0) is 16.7. The van der Waals surface area contributed by atoms with Gasteiger partial charge in [-0.2, -0.15) is 0 Å². The van der Waals surface area contributed by atoms with Gasteiger partial charge in [-0.15, -0.1) is 0 Å². The molecule has 2 N–H and O–H groups in total. The monoisotopic (exact) mass is 318 g/mol. The van der Waals surface area contributed by atoms with Crippen LogP contribution < -0.4 is 4.74 Å². The number of phenolic OH excluding ortho intramolecular Hbond substituents is 2. The van der Waals surface area contributed by atoms with Gasteiger partial charge in [0.2, 0.25) is 0 Å². The van der Waals surface area contributed by atoms with Crippen LogP contribution in [-0.2, 0) is 10.2 Å². The first-order chi connectivity index (χ1) is 11.6. The van der Waals surface area contributed by atoms with E-state index < -0.39 is 11.4 Å². The van der Waals surface area contributed by atoms with Crippen molar-refractivity contribution in [3.8, 4) is 17.2 Å². The zero-order valence-electron chi connectivity index (χ0n) is 12.6. The van der Waals surface area contributed by atoms with Gasteiger partial charge in [0.05, 0.1) is 0 Å². The number of fused-ring (bicyclic) bond motifs is 1. The van der Waals surface area contributed by atoms with Crippen LogP contribution in [0.25, 0.3) is 0 Å². The minimum absolute atomic E-state index is 0.124. The van der Waals surface area contributed by atoms with Crippen molar-refractivity contribution in [3.05, 3.63) is 89.5 Å². The van der Waals surface area contributed by atoms with Gasteiger partial charge in [-0.3, -0.25) is 0 Å². The van der Waals surface area contributed by atoms with E-state index >= 15 is 0 Å². The second kappa shape index (κ2) is 5.13. The molecule has 1 heterocycles. The molecule has 1 aliphatic heterocycles. The lowest BCUT2D eigenvalue weighted by Crippen LogP contribution is -2.36. The Hall–Kier alpha value is -3.27. The van der Waals surface area contributed by atoms with Crippen LogP contribution in [0.4, 0.5) is 0 Å². The number of ether oxygens (including phenoxy) is 1. The van der Waals surface area contributed by atoms with Crippen molar-refractivity contribution in [2.24, 2.45) is 0 Å². The molecule has 0 saturated carbocycles. The molecule has 0 amide bonds. The van der Waals surface area contributed by atoms with Crippen LogP contribution in [-0.4, -0.2) is 16.2 Å². The fraction of sp³-hybridized carbons (Fsp3) is 0.0500. The molecule has 1 aliphatic rings. The quantitative estimate of drug-likeness (QED) is 0.562. The van der Waals surface area contributed by atoms with E-state index in [-0.39, 0.29) is 11.5 Å². The Morgan fingerprint density at radius 2 is 1.21 bits per heavy atom. The van der Waals surface area contributed by atoms with Crippen LogP contribution in [0, 0.1) is 0 Å². The maximum Gasteiger partial charge on any atom is 0.331 e. The number of hydrogen-bond donors (Lipinski definition) is 2. The van der Waals surface area contributed by atoms with Gasteiger partial charge in [-0.05, 0) is 41.5 Å². The molecule has 3 aromatic rings. The molecule has 0 bridgehead atoms. The Bertz CT molecular complexity index is 866. The molecule has 0 unspecified atom stereocenters. The number of carbonyl (C=O) groups excluding carboxylic acids is 1. The van der Waals surface area contributed by atoms with E-state index in [2.05, 4.69) is 0 Å². The molecule has 4 rings (SSSR count). The second-order valence-electron chi connectivity index (χ2n) is 5.73. The highest BCUT2D eigenvalue weighted by atomic mass is 16.5. The van der Waals surface area contributed by atoms with Crippen LogP contribution in [0.15, 0.2) is 72.8 Å². The van der Waals surface area contributed by atoms with E-state index in [9.17, 15) is 15.0 Å². The van der Waals surface area contributed by atoms with E-state index in [4.69, 9.17) is 4.74 Å². The van der Waals surface area contributed by atoms with Gasteiger partial charge in [0.15, 0.2) is 0 Å². The number of benzene rings is 3. The summed E-state index contributed by atoms with van der Waals surface area (Å²) in [6, 6.07) is 20.3. The van der Waals surface area contributed by atoms with E-state index in [1.165, 1.54) is 0 Å². The number of para-hydroxylation sites is 1. The van der Waals surface area contributed by atoms with E-state index in [1.807, 2.05) is 18.2 Å². The fourth-order valence-corrected chi connectivity index (χ4v) is 3.29. The molecule has 0 fully saturated rings. The van der Waals surface area contributed by atoms with Gasteiger partial charge in [-0.1, -0.05) is 42.5 Å². The normalized spacial score (nSPS) is 14.9. The molecule has 24 heavy (non-hydrogen) atoms. The summed E-state index contributed by atoms with van der Waals surface area (Å²) >= 11 is 0. The smallest absolute Gasteiger partial charge is 0.331 e. The number of aromatic hydroxyl groups is 2. The summed E-state index contributed by atoms with van der Waals surface area (Å²) in [4.78, 5) is 13.0. The molecule has 4 nitrogen and oxygen atoms in total. The van der Waals surface area contributed by atoms with Crippen molar-refractivity contribution in [1.82, 2.24) is 0 Å². The largest absolute Gasteiger partial charge is 0.508 e. The first kappa shape index (κ1) is 14.3. The number of hydrogen-bond acceptors (Lipinski definition) is 4. The summed E-state index contributed by atoms with van der Waals surface area (Å²) in [5.74, 6) is 0.363. The number of rotatable bonds is 2. The topological polar surface area (TPSA) is 66.8 Å². The lowest BCUT2D eigenvalue weighted by atomic mass is 9.70. The minimum Gasteiger partial charge on any atom is -0.508 e. The summed E-state index contributed by atoms with van der Waals surface area (Å²) in [7, 11) is 0. The van der Waals surface area contributed by atoms with Crippen molar-refractivity contribution in [2.45, 2.75) is 5.41 Å². The number of phenols is 2. The van der Waals surface area contributed by atoms with Crippen molar-refractivity contribution in [2.75, 3.05) is 0 Å². The number of esters is 1. The Labute approximate surface area is 138 Å². The molecule has 0 atom stereocenters. The van der Waals surface area contributed by atoms with E-state index in [0.29, 0.717) is 16.9 Å². The third-order valence-electron chi connectivity index (χ3n) is 4.40. The predicted octanol–water partition coefficient (Wildman–Crippen LogP) is 3.35. The minimum atomic E-state index is -1.13. The molecule has 0 aliphatic carbocycles. The van der Waals surface area contributed by atoms with E-state index in [1.54, 1.807) is 54.6 Å². The third-order valence-corrected chi connectivity index (χ3v) is 4.40. The van der Waals surface area contributed by atoms with E-state index in [0.717, 1.165) is 5.56 Å². The third kappa shape index (κ3) is 1.90. The first-order valence-electron chi connectivity index (χ1n) is 7.53. The Balaban J connectivity index is 2.06. The highest BCUT2D eigenvalue weighted by Gasteiger charge is 2.51. The van der Waals surface area contributed by atoms with Crippen LogP contribution in [0.1, 0.15) is 16.7 Å². The standard InChI is InChI=1S/C20H14O4/c21-15-9-5-13(6-10-15)20(14-7-11-16(22)12-8-14)17-3-1-2-4-18(17)24-19(20)23/h1-12,21-22H. The van der Waals surface area contributed by atoms with Gasteiger partial charge in [0.25, 0.3) is 0 Å². The van der Waals surface area contributed by atoms with Crippen molar-refractivity contribution >= 4 is 5.97 Å². The lowest BCUT2D eigenvalue weighted by molar-refractivity contribution is -0.135. The van der Waals surface area contributed by atoms with Crippen molar-refractivity contribution in [1.29, 1.82) is 0 Å². The number of carbonyl (C=O) groups is 1. The second-order valence-corrected chi connectivity index (χ2v) is 5.73. The molecule has 0 saturated heterocycles. The summed E-state index contributed by atoms with van der Waals surface area (Å²) in [6.45, 7) is 0. The Kier molecular flexibility index (Phi) is 3.06. The molecule has 0 radical (unpaired) electrons. The average Bonchev–Trinajstić information content (AvgIpc) is 2.89. The average molecular weight is 318 g/mol. The summed E-state index contributed by atoms with van der Waals surface area (Å²) in [6.07, 6.45) is 0. The van der Waals surface area contributed by atoms with Gasteiger partial charge in [0.1, 0.15) is 22.7 Å².